The maximum Gasteiger partial charge on any atom is 0.254 e. The normalized spacial score (nSPS) is 19.2. The van der Waals surface area contributed by atoms with Crippen LogP contribution in [-0.2, 0) is 11.3 Å². The number of likely N-dealkylation sites (tertiary alicyclic amines) is 1. The molecule has 3 aromatic rings. The Morgan fingerprint density at radius 2 is 1.94 bits per heavy atom. The van der Waals surface area contributed by atoms with Crippen molar-refractivity contribution in [2.45, 2.75) is 18.9 Å². The molecular weight excluding hydrogens is 414 g/mol. The van der Waals surface area contributed by atoms with Gasteiger partial charge in [-0.25, -0.2) is 4.98 Å². The zero-order chi connectivity index (χ0) is 22.8. The van der Waals surface area contributed by atoms with Crippen molar-refractivity contribution in [3.63, 3.8) is 0 Å². The summed E-state index contributed by atoms with van der Waals surface area (Å²) in [6.07, 6.45) is 2.88. The third kappa shape index (κ3) is 4.56. The fourth-order valence-corrected chi connectivity index (χ4v) is 4.93. The number of morpholine rings is 1. The summed E-state index contributed by atoms with van der Waals surface area (Å²) in [6.45, 7) is 5.28. The van der Waals surface area contributed by atoms with Crippen LogP contribution in [0, 0.1) is 0 Å². The van der Waals surface area contributed by atoms with E-state index in [9.17, 15) is 4.79 Å². The molecule has 0 radical (unpaired) electrons. The lowest BCUT2D eigenvalue weighted by Crippen LogP contribution is -2.40. The molecule has 1 amide bonds. The fraction of sp³-hybridized carbons (Fsp3) is 0.423. The number of pyridine rings is 2. The second kappa shape index (κ2) is 9.45. The Labute approximate surface area is 195 Å². The summed E-state index contributed by atoms with van der Waals surface area (Å²) >= 11 is 0. The van der Waals surface area contributed by atoms with Crippen molar-refractivity contribution in [1.29, 1.82) is 0 Å². The second-order valence-electron chi connectivity index (χ2n) is 9.12. The number of carbonyl (C=O) groups is 1. The fourth-order valence-electron chi connectivity index (χ4n) is 4.93. The van der Waals surface area contributed by atoms with Gasteiger partial charge in [-0.05, 0) is 31.2 Å². The topological polar surface area (TPSA) is 61.8 Å². The highest BCUT2D eigenvalue weighted by Gasteiger charge is 2.28. The summed E-state index contributed by atoms with van der Waals surface area (Å²) in [5.41, 5.74) is 3.91. The number of nitrogens with zero attached hydrogens (tertiary/aromatic N) is 5. The summed E-state index contributed by atoms with van der Waals surface area (Å²) in [5.74, 6) is 1.41. The highest BCUT2D eigenvalue weighted by molar-refractivity contribution is 6.06. The Hall–Kier alpha value is -3.03. The van der Waals surface area contributed by atoms with Gasteiger partial charge >= 0.3 is 0 Å². The average Bonchev–Trinajstić information content (AvgIpc) is 3.32. The average molecular weight is 446 g/mol. The Morgan fingerprint density at radius 3 is 2.76 bits per heavy atom. The van der Waals surface area contributed by atoms with Crippen LogP contribution in [0.1, 0.15) is 34.0 Å². The van der Waals surface area contributed by atoms with Crippen molar-refractivity contribution in [2.24, 2.45) is 0 Å². The Morgan fingerprint density at radius 1 is 1.12 bits per heavy atom. The minimum Gasteiger partial charge on any atom is -0.378 e. The van der Waals surface area contributed by atoms with Gasteiger partial charge in [-0.1, -0.05) is 24.3 Å². The summed E-state index contributed by atoms with van der Waals surface area (Å²) in [4.78, 5) is 29.4. The minimum atomic E-state index is 0.0824. The van der Waals surface area contributed by atoms with Crippen LogP contribution in [-0.4, -0.2) is 79.2 Å². The lowest BCUT2D eigenvalue weighted by Gasteiger charge is -2.27. The highest BCUT2D eigenvalue weighted by Crippen LogP contribution is 2.31. The first-order valence-electron chi connectivity index (χ1n) is 11.7. The molecule has 5 rings (SSSR count). The predicted octanol–water partition coefficient (Wildman–Crippen LogP) is 3.16. The number of rotatable bonds is 5. The zero-order valence-corrected chi connectivity index (χ0v) is 19.4. The summed E-state index contributed by atoms with van der Waals surface area (Å²) in [7, 11) is 4.06. The van der Waals surface area contributed by atoms with Gasteiger partial charge in [-0.2, -0.15) is 0 Å². The number of aromatic nitrogens is 2. The number of para-hydroxylation sites is 1. The molecule has 0 N–H and O–H groups in total. The van der Waals surface area contributed by atoms with Crippen LogP contribution in [0.15, 0.2) is 48.7 Å². The molecule has 0 bridgehead atoms. The van der Waals surface area contributed by atoms with E-state index >= 15 is 0 Å². The Balaban J connectivity index is 1.40. The van der Waals surface area contributed by atoms with Gasteiger partial charge in [-0.3, -0.25) is 14.7 Å². The van der Waals surface area contributed by atoms with E-state index in [1.807, 2.05) is 61.6 Å². The van der Waals surface area contributed by atoms with Crippen molar-refractivity contribution in [2.75, 3.05) is 58.4 Å². The van der Waals surface area contributed by atoms with Gasteiger partial charge in [0.1, 0.15) is 5.82 Å². The highest BCUT2D eigenvalue weighted by atomic mass is 16.5. The molecule has 2 aliphatic heterocycles. The zero-order valence-electron chi connectivity index (χ0n) is 19.4. The van der Waals surface area contributed by atoms with Crippen molar-refractivity contribution < 1.29 is 9.53 Å². The summed E-state index contributed by atoms with van der Waals surface area (Å²) in [5, 5.41) is 0.929. The third-order valence-corrected chi connectivity index (χ3v) is 6.64. The largest absolute Gasteiger partial charge is 0.378 e. The van der Waals surface area contributed by atoms with Gasteiger partial charge in [0.05, 0.1) is 24.3 Å². The molecule has 1 unspecified atom stereocenters. The first kappa shape index (κ1) is 21.8. The molecule has 1 aromatic carbocycles. The number of hydrogen-bond donors (Lipinski definition) is 0. The maximum atomic E-state index is 13.4. The van der Waals surface area contributed by atoms with Crippen LogP contribution in [0.4, 0.5) is 5.82 Å². The molecule has 2 fully saturated rings. The molecule has 0 aliphatic carbocycles. The van der Waals surface area contributed by atoms with Crippen LogP contribution in [0.2, 0.25) is 0 Å². The van der Waals surface area contributed by atoms with E-state index in [1.165, 1.54) is 5.56 Å². The molecule has 7 nitrogen and oxygen atoms in total. The van der Waals surface area contributed by atoms with Gasteiger partial charge in [-0.15, -0.1) is 0 Å². The molecule has 33 heavy (non-hydrogen) atoms. The molecule has 2 aromatic heterocycles. The van der Waals surface area contributed by atoms with Crippen molar-refractivity contribution in [1.82, 2.24) is 19.8 Å². The van der Waals surface area contributed by atoms with Crippen LogP contribution in [0.3, 0.4) is 0 Å². The Bertz CT molecular complexity index is 1140. The van der Waals surface area contributed by atoms with Crippen LogP contribution >= 0.6 is 0 Å². The Kier molecular flexibility index (Phi) is 6.24. The van der Waals surface area contributed by atoms with Gasteiger partial charge in [0.2, 0.25) is 0 Å². The molecular formula is C26H31N5O2. The lowest BCUT2D eigenvalue weighted by molar-refractivity contribution is 0.0304. The van der Waals surface area contributed by atoms with E-state index in [1.54, 1.807) is 0 Å². The molecule has 2 aliphatic rings. The predicted molar refractivity (Wildman–Crippen MR) is 130 cm³/mol. The third-order valence-electron chi connectivity index (χ3n) is 6.64. The first-order valence-corrected chi connectivity index (χ1v) is 11.7. The number of benzene rings is 1. The maximum absolute atomic E-state index is 13.4. The van der Waals surface area contributed by atoms with E-state index < -0.39 is 0 Å². The number of hydrogen-bond acceptors (Lipinski definition) is 6. The smallest absolute Gasteiger partial charge is 0.254 e. The number of amides is 1. The summed E-state index contributed by atoms with van der Waals surface area (Å²) in [6, 6.07) is 14.2. The van der Waals surface area contributed by atoms with Crippen LogP contribution in [0.25, 0.3) is 10.9 Å². The van der Waals surface area contributed by atoms with E-state index in [2.05, 4.69) is 20.9 Å². The summed E-state index contributed by atoms with van der Waals surface area (Å²) < 4.78 is 5.44. The lowest BCUT2D eigenvalue weighted by atomic mass is 9.99. The monoisotopic (exact) mass is 445 g/mol. The minimum absolute atomic E-state index is 0.0824. The molecule has 4 heterocycles. The second-order valence-corrected chi connectivity index (χ2v) is 9.12. The van der Waals surface area contributed by atoms with E-state index in [-0.39, 0.29) is 5.91 Å². The molecule has 172 valence electrons. The van der Waals surface area contributed by atoms with Gasteiger partial charge < -0.3 is 14.5 Å². The van der Waals surface area contributed by atoms with E-state index in [0.29, 0.717) is 32.2 Å². The number of anilines is 1. The number of fused-ring (bicyclic) bond motifs is 1. The van der Waals surface area contributed by atoms with Gasteiger partial charge in [0.15, 0.2) is 0 Å². The van der Waals surface area contributed by atoms with Crippen molar-refractivity contribution >= 4 is 22.6 Å². The number of ether oxygens (including phenoxy) is 1. The number of carbonyl (C=O) groups excluding carboxylic acids is 1. The molecule has 0 saturated carbocycles. The van der Waals surface area contributed by atoms with Crippen LogP contribution in [0.5, 0.6) is 0 Å². The molecule has 7 heteroatoms. The standard InChI is InChI=1S/C26H31N5O2/c1-29(2)25-20(6-5-10-27-25)18-30-11-9-19(17-30)24-16-22(21-7-3-4-8-23(21)28-24)26(32)31-12-14-33-15-13-31/h3-8,10,16,19H,9,11-15,17-18H2,1-2H3. The molecule has 1 atom stereocenters. The van der Waals surface area contributed by atoms with Crippen LogP contribution < -0.4 is 4.90 Å². The first-order chi connectivity index (χ1) is 16.1. The SMILES string of the molecule is CN(C)c1ncccc1CN1CCC(c2cc(C(=O)N3CCOCC3)c3ccccc3n2)C1. The quantitative estimate of drug-likeness (QED) is 0.601. The van der Waals surface area contributed by atoms with E-state index in [4.69, 9.17) is 9.72 Å². The van der Waals surface area contributed by atoms with Gasteiger partial charge in [0.25, 0.3) is 5.91 Å². The van der Waals surface area contributed by atoms with Gasteiger partial charge in [0, 0.05) is 69.0 Å². The van der Waals surface area contributed by atoms with Crippen molar-refractivity contribution in [3.8, 4) is 0 Å². The van der Waals surface area contributed by atoms with E-state index in [0.717, 1.165) is 54.0 Å². The molecule has 0 spiro atoms. The molecule has 2 saturated heterocycles. The van der Waals surface area contributed by atoms with Crippen molar-refractivity contribution in [3.05, 3.63) is 65.5 Å².